The molecule has 0 aromatic carbocycles. The topological polar surface area (TPSA) is 87.9 Å². The second-order valence-electron chi connectivity index (χ2n) is 1.55. The fourth-order valence-corrected chi connectivity index (χ4v) is 0.499. The first-order valence-corrected chi connectivity index (χ1v) is 2.48. The standard InChI is InChI=1S/C4H5NO5/c5-3(6)9-2-1-8-4(7)10-2/h2H,1H2,(H2,5,6). The van der Waals surface area contributed by atoms with E-state index in [2.05, 4.69) is 19.9 Å². The second kappa shape index (κ2) is 2.42. The molecule has 1 aliphatic rings. The lowest BCUT2D eigenvalue weighted by atomic mass is 10.7. The SMILES string of the molecule is NC(=O)OC1COC(=O)O1. The quantitative estimate of drug-likeness (QED) is 0.508. The van der Waals surface area contributed by atoms with Gasteiger partial charge in [0.25, 0.3) is 6.29 Å². The summed E-state index contributed by atoms with van der Waals surface area (Å²) in [4.78, 5) is 20.2. The Hall–Kier alpha value is -1.46. The van der Waals surface area contributed by atoms with Crippen molar-refractivity contribution >= 4 is 12.2 Å². The number of hydrogen-bond donors (Lipinski definition) is 1. The summed E-state index contributed by atoms with van der Waals surface area (Å²) in [5, 5.41) is 0. The first-order valence-electron chi connectivity index (χ1n) is 2.48. The van der Waals surface area contributed by atoms with E-state index in [1.54, 1.807) is 0 Å². The molecule has 1 unspecified atom stereocenters. The number of rotatable bonds is 1. The monoisotopic (exact) mass is 147 g/mol. The van der Waals surface area contributed by atoms with Crippen LogP contribution in [-0.4, -0.2) is 25.1 Å². The number of ether oxygens (including phenoxy) is 3. The van der Waals surface area contributed by atoms with Gasteiger partial charge < -0.3 is 19.9 Å². The van der Waals surface area contributed by atoms with Crippen LogP contribution in [0.1, 0.15) is 0 Å². The van der Waals surface area contributed by atoms with E-state index in [0.717, 1.165) is 0 Å². The normalized spacial score (nSPS) is 23.2. The lowest BCUT2D eigenvalue weighted by Crippen LogP contribution is -2.24. The highest BCUT2D eigenvalue weighted by Gasteiger charge is 2.27. The number of carbonyl (C=O) groups excluding carboxylic acids is 2. The minimum atomic E-state index is -0.997. The van der Waals surface area contributed by atoms with Crippen LogP contribution in [0.15, 0.2) is 0 Å². The van der Waals surface area contributed by atoms with Crippen LogP contribution in [0.4, 0.5) is 9.59 Å². The van der Waals surface area contributed by atoms with Crippen LogP contribution in [-0.2, 0) is 14.2 Å². The van der Waals surface area contributed by atoms with E-state index in [-0.39, 0.29) is 6.61 Å². The number of nitrogens with two attached hydrogens (primary N) is 1. The maximum atomic E-state index is 10.2. The van der Waals surface area contributed by atoms with Crippen LogP contribution in [0.3, 0.4) is 0 Å². The summed E-state index contributed by atoms with van der Waals surface area (Å²) in [6.07, 6.45) is -2.83. The van der Waals surface area contributed by atoms with Crippen LogP contribution in [0, 0.1) is 0 Å². The molecule has 0 aromatic rings. The van der Waals surface area contributed by atoms with Crippen LogP contribution in [0.25, 0.3) is 0 Å². The maximum absolute atomic E-state index is 10.2. The Kier molecular flexibility index (Phi) is 1.61. The average Bonchev–Trinajstić information content (AvgIpc) is 2.13. The van der Waals surface area contributed by atoms with Crippen LogP contribution < -0.4 is 5.73 Å². The molecule has 0 radical (unpaired) electrons. The summed E-state index contributed by atoms with van der Waals surface area (Å²) in [5.41, 5.74) is 4.61. The number of primary amides is 1. The molecule has 0 aromatic heterocycles. The molecule has 1 atom stereocenters. The second-order valence-corrected chi connectivity index (χ2v) is 1.55. The van der Waals surface area contributed by atoms with E-state index in [1.165, 1.54) is 0 Å². The van der Waals surface area contributed by atoms with E-state index in [1.807, 2.05) is 0 Å². The largest absolute Gasteiger partial charge is 0.511 e. The molecule has 6 heteroatoms. The highest BCUT2D eigenvalue weighted by Crippen LogP contribution is 2.06. The molecule has 0 spiro atoms. The Bertz CT molecular complexity index is 167. The molecule has 1 heterocycles. The molecule has 1 rings (SSSR count). The molecule has 0 bridgehead atoms. The average molecular weight is 147 g/mol. The summed E-state index contributed by atoms with van der Waals surface area (Å²) < 4.78 is 12.8. The maximum Gasteiger partial charge on any atom is 0.511 e. The van der Waals surface area contributed by atoms with Crippen molar-refractivity contribution in [3.8, 4) is 0 Å². The third-order valence-corrected chi connectivity index (χ3v) is 0.813. The van der Waals surface area contributed by atoms with Gasteiger partial charge in [-0.3, -0.25) is 0 Å². The van der Waals surface area contributed by atoms with Gasteiger partial charge in [0.15, 0.2) is 6.61 Å². The predicted molar refractivity (Wildman–Crippen MR) is 26.9 cm³/mol. The first kappa shape index (κ1) is 6.66. The zero-order chi connectivity index (χ0) is 7.56. The molecule has 1 fully saturated rings. The molecule has 56 valence electrons. The van der Waals surface area contributed by atoms with Gasteiger partial charge >= 0.3 is 12.2 Å². The molecular formula is C4H5NO5. The molecule has 1 aliphatic heterocycles. The lowest BCUT2D eigenvalue weighted by molar-refractivity contribution is -0.0268. The Labute approximate surface area is 55.8 Å². The van der Waals surface area contributed by atoms with Gasteiger partial charge in [0, 0.05) is 0 Å². The summed E-state index contributed by atoms with van der Waals surface area (Å²) >= 11 is 0. The van der Waals surface area contributed by atoms with Gasteiger partial charge in [-0.1, -0.05) is 0 Å². The highest BCUT2D eigenvalue weighted by atomic mass is 16.8. The summed E-state index contributed by atoms with van der Waals surface area (Å²) in [7, 11) is 0. The lowest BCUT2D eigenvalue weighted by Gasteiger charge is -2.03. The number of amides is 1. The fourth-order valence-electron chi connectivity index (χ4n) is 0.499. The van der Waals surface area contributed by atoms with E-state index in [9.17, 15) is 9.59 Å². The van der Waals surface area contributed by atoms with Crippen molar-refractivity contribution in [1.82, 2.24) is 0 Å². The molecule has 6 nitrogen and oxygen atoms in total. The minimum Gasteiger partial charge on any atom is -0.426 e. The molecule has 0 aliphatic carbocycles. The van der Waals surface area contributed by atoms with Crippen molar-refractivity contribution in [3.63, 3.8) is 0 Å². The summed E-state index contributed by atoms with van der Waals surface area (Å²) in [5.74, 6) is 0. The molecule has 2 N–H and O–H groups in total. The molecule has 0 saturated carbocycles. The molecule has 1 amide bonds. The molecule has 10 heavy (non-hydrogen) atoms. The fraction of sp³-hybridized carbons (Fsp3) is 0.500. The van der Waals surface area contributed by atoms with Crippen LogP contribution >= 0.6 is 0 Å². The summed E-state index contributed by atoms with van der Waals surface area (Å²) in [6.45, 7) is -0.0955. The zero-order valence-electron chi connectivity index (χ0n) is 4.90. The van der Waals surface area contributed by atoms with Gasteiger partial charge in [-0.2, -0.15) is 0 Å². The van der Waals surface area contributed by atoms with Crippen molar-refractivity contribution in [3.05, 3.63) is 0 Å². The number of carbonyl (C=O) groups is 2. The predicted octanol–water partition coefficient (Wildman–Crippen LogP) is -0.425. The van der Waals surface area contributed by atoms with Crippen molar-refractivity contribution in [2.75, 3.05) is 6.61 Å². The third kappa shape index (κ3) is 1.51. The molecular weight excluding hydrogens is 142 g/mol. The van der Waals surface area contributed by atoms with E-state index in [0.29, 0.717) is 0 Å². The van der Waals surface area contributed by atoms with Gasteiger partial charge in [0.05, 0.1) is 0 Å². The van der Waals surface area contributed by atoms with Gasteiger partial charge in [0.1, 0.15) is 0 Å². The Morgan fingerprint density at radius 1 is 1.80 bits per heavy atom. The first-order chi connectivity index (χ1) is 4.68. The van der Waals surface area contributed by atoms with Crippen LogP contribution in [0.2, 0.25) is 0 Å². The van der Waals surface area contributed by atoms with Gasteiger partial charge in [-0.05, 0) is 0 Å². The number of cyclic esters (lactones) is 2. The smallest absolute Gasteiger partial charge is 0.426 e. The summed E-state index contributed by atoms with van der Waals surface area (Å²) in [6, 6.07) is 0. The van der Waals surface area contributed by atoms with Crippen LogP contribution in [0.5, 0.6) is 0 Å². The van der Waals surface area contributed by atoms with E-state index >= 15 is 0 Å². The van der Waals surface area contributed by atoms with Gasteiger partial charge in [-0.25, -0.2) is 9.59 Å². The highest BCUT2D eigenvalue weighted by molar-refractivity contribution is 5.66. The van der Waals surface area contributed by atoms with E-state index < -0.39 is 18.5 Å². The number of hydrogen-bond acceptors (Lipinski definition) is 5. The minimum absolute atomic E-state index is 0.0955. The molecule has 1 saturated heterocycles. The van der Waals surface area contributed by atoms with Crippen molar-refractivity contribution in [2.45, 2.75) is 6.29 Å². The van der Waals surface area contributed by atoms with Gasteiger partial charge in [-0.15, -0.1) is 0 Å². The third-order valence-electron chi connectivity index (χ3n) is 0.813. The Balaban J connectivity index is 2.31. The van der Waals surface area contributed by atoms with Crippen molar-refractivity contribution in [2.24, 2.45) is 5.73 Å². The Morgan fingerprint density at radius 3 is 2.90 bits per heavy atom. The van der Waals surface area contributed by atoms with Crippen molar-refractivity contribution in [1.29, 1.82) is 0 Å². The zero-order valence-corrected chi connectivity index (χ0v) is 4.90. The van der Waals surface area contributed by atoms with E-state index in [4.69, 9.17) is 0 Å². The van der Waals surface area contributed by atoms with Gasteiger partial charge in [0.2, 0.25) is 0 Å². The van der Waals surface area contributed by atoms with Crippen molar-refractivity contribution < 1.29 is 23.8 Å². The Morgan fingerprint density at radius 2 is 2.50 bits per heavy atom.